The van der Waals surface area contributed by atoms with Crippen LogP contribution in [0.2, 0.25) is 0 Å². The summed E-state index contributed by atoms with van der Waals surface area (Å²) in [6, 6.07) is 4.81. The van der Waals surface area contributed by atoms with E-state index in [1.54, 1.807) is 19.1 Å². The SMILES string of the molecule is Cc1ccc(OC2CCOC2=O)c(C(=O)O)c1. The summed E-state index contributed by atoms with van der Waals surface area (Å²) in [6.07, 6.45) is -0.248. The fourth-order valence-electron chi connectivity index (χ4n) is 1.65. The molecule has 0 amide bonds. The van der Waals surface area contributed by atoms with Gasteiger partial charge in [0.05, 0.1) is 6.61 Å². The molecule has 1 aromatic carbocycles. The number of rotatable bonds is 3. The Labute approximate surface area is 98.0 Å². The summed E-state index contributed by atoms with van der Waals surface area (Å²) in [7, 11) is 0. The van der Waals surface area contributed by atoms with Gasteiger partial charge in [-0.15, -0.1) is 0 Å². The van der Waals surface area contributed by atoms with E-state index >= 15 is 0 Å². The van der Waals surface area contributed by atoms with E-state index in [0.29, 0.717) is 13.0 Å². The largest absolute Gasteiger partial charge is 0.478 e. The zero-order chi connectivity index (χ0) is 12.4. The lowest BCUT2D eigenvalue weighted by Crippen LogP contribution is -2.22. The number of aromatic carboxylic acids is 1. The fraction of sp³-hybridized carbons (Fsp3) is 0.333. The average Bonchev–Trinajstić information content (AvgIpc) is 2.67. The highest BCUT2D eigenvalue weighted by Crippen LogP contribution is 2.23. The summed E-state index contributed by atoms with van der Waals surface area (Å²) in [5, 5.41) is 9.03. The van der Waals surface area contributed by atoms with Crippen LogP contribution in [0.4, 0.5) is 0 Å². The highest BCUT2D eigenvalue weighted by Gasteiger charge is 2.29. The third-order valence-corrected chi connectivity index (χ3v) is 2.52. The molecule has 1 heterocycles. The van der Waals surface area contributed by atoms with Crippen molar-refractivity contribution in [2.75, 3.05) is 6.61 Å². The van der Waals surface area contributed by atoms with E-state index in [1.165, 1.54) is 6.07 Å². The lowest BCUT2D eigenvalue weighted by atomic mass is 10.1. The molecule has 1 aliphatic rings. The van der Waals surface area contributed by atoms with Gasteiger partial charge >= 0.3 is 11.9 Å². The van der Waals surface area contributed by atoms with E-state index in [0.717, 1.165) is 5.56 Å². The van der Waals surface area contributed by atoms with Crippen LogP contribution in [0, 0.1) is 6.92 Å². The molecule has 1 unspecified atom stereocenters. The van der Waals surface area contributed by atoms with Crippen LogP contribution in [0.3, 0.4) is 0 Å². The molecule has 1 atom stereocenters. The first-order valence-corrected chi connectivity index (χ1v) is 5.25. The Bertz CT molecular complexity index is 466. The zero-order valence-electron chi connectivity index (χ0n) is 9.30. The van der Waals surface area contributed by atoms with Gasteiger partial charge < -0.3 is 14.6 Å². The number of carboxylic acids is 1. The third kappa shape index (κ3) is 2.38. The van der Waals surface area contributed by atoms with Gasteiger partial charge in [0.2, 0.25) is 0 Å². The van der Waals surface area contributed by atoms with Gasteiger partial charge in [-0.3, -0.25) is 0 Å². The Morgan fingerprint density at radius 1 is 1.53 bits per heavy atom. The van der Waals surface area contributed by atoms with Crippen molar-refractivity contribution in [3.63, 3.8) is 0 Å². The highest BCUT2D eigenvalue weighted by atomic mass is 16.6. The lowest BCUT2D eigenvalue weighted by molar-refractivity contribution is -0.143. The Kier molecular flexibility index (Phi) is 2.99. The maximum Gasteiger partial charge on any atom is 0.347 e. The molecule has 0 aliphatic carbocycles. The summed E-state index contributed by atoms with van der Waals surface area (Å²) in [6.45, 7) is 2.11. The number of hydrogen-bond acceptors (Lipinski definition) is 4. The number of carboxylic acid groups (broad SMARTS) is 1. The van der Waals surface area contributed by atoms with Crippen molar-refractivity contribution in [2.24, 2.45) is 0 Å². The first-order valence-electron chi connectivity index (χ1n) is 5.25. The Hall–Kier alpha value is -2.04. The minimum atomic E-state index is -1.07. The Morgan fingerprint density at radius 2 is 2.29 bits per heavy atom. The number of cyclic esters (lactones) is 1. The van der Waals surface area contributed by atoms with E-state index in [1.807, 2.05) is 0 Å². The van der Waals surface area contributed by atoms with Crippen molar-refractivity contribution in [1.29, 1.82) is 0 Å². The van der Waals surface area contributed by atoms with E-state index in [9.17, 15) is 9.59 Å². The molecule has 1 N–H and O–H groups in total. The minimum absolute atomic E-state index is 0.0599. The number of ether oxygens (including phenoxy) is 2. The molecule has 0 spiro atoms. The van der Waals surface area contributed by atoms with Gasteiger partial charge in [0, 0.05) is 6.42 Å². The summed E-state index contributed by atoms with van der Waals surface area (Å²) < 4.78 is 10.1. The summed E-state index contributed by atoms with van der Waals surface area (Å²) in [5.41, 5.74) is 0.883. The van der Waals surface area contributed by atoms with Crippen LogP contribution in [-0.2, 0) is 9.53 Å². The molecule has 2 rings (SSSR count). The Morgan fingerprint density at radius 3 is 2.88 bits per heavy atom. The second-order valence-electron chi connectivity index (χ2n) is 3.87. The van der Waals surface area contributed by atoms with Crippen LogP contribution >= 0.6 is 0 Å². The van der Waals surface area contributed by atoms with Gasteiger partial charge in [-0.2, -0.15) is 0 Å². The molecule has 1 aliphatic heterocycles. The van der Waals surface area contributed by atoms with Crippen molar-refractivity contribution in [1.82, 2.24) is 0 Å². The highest BCUT2D eigenvalue weighted by molar-refractivity contribution is 5.91. The maximum atomic E-state index is 11.2. The minimum Gasteiger partial charge on any atom is -0.478 e. The molecule has 0 aromatic heterocycles. The van der Waals surface area contributed by atoms with Crippen LogP contribution in [-0.4, -0.2) is 29.8 Å². The van der Waals surface area contributed by atoms with Crippen LogP contribution in [0.15, 0.2) is 18.2 Å². The van der Waals surface area contributed by atoms with Crippen molar-refractivity contribution in [3.05, 3.63) is 29.3 Å². The molecule has 0 saturated carbocycles. The number of hydrogen-bond donors (Lipinski definition) is 1. The van der Waals surface area contributed by atoms with Gasteiger partial charge in [0.15, 0.2) is 6.10 Å². The summed E-state index contributed by atoms with van der Waals surface area (Å²) >= 11 is 0. The average molecular weight is 236 g/mol. The molecule has 1 aromatic rings. The lowest BCUT2D eigenvalue weighted by Gasteiger charge is -2.12. The van der Waals surface area contributed by atoms with Gasteiger partial charge in [-0.25, -0.2) is 9.59 Å². The molecule has 0 bridgehead atoms. The van der Waals surface area contributed by atoms with E-state index in [4.69, 9.17) is 14.6 Å². The number of benzene rings is 1. The standard InChI is InChI=1S/C12H12O5/c1-7-2-3-9(8(6-7)11(13)14)17-10-4-5-16-12(10)15/h2-3,6,10H,4-5H2,1H3,(H,13,14). The smallest absolute Gasteiger partial charge is 0.347 e. The topological polar surface area (TPSA) is 72.8 Å². The van der Waals surface area contributed by atoms with Crippen LogP contribution in [0.1, 0.15) is 22.3 Å². The van der Waals surface area contributed by atoms with Gasteiger partial charge in [-0.1, -0.05) is 11.6 Å². The number of esters is 1. The zero-order valence-corrected chi connectivity index (χ0v) is 9.30. The molecule has 17 heavy (non-hydrogen) atoms. The van der Waals surface area contributed by atoms with Crippen molar-refractivity contribution < 1.29 is 24.2 Å². The van der Waals surface area contributed by atoms with Crippen molar-refractivity contribution >= 4 is 11.9 Å². The molecular weight excluding hydrogens is 224 g/mol. The molecular formula is C12H12O5. The molecule has 5 nitrogen and oxygen atoms in total. The van der Waals surface area contributed by atoms with Gasteiger partial charge in [0.25, 0.3) is 0 Å². The summed E-state index contributed by atoms with van der Waals surface area (Å²) in [4.78, 5) is 22.3. The number of aryl methyl sites for hydroxylation is 1. The normalized spacial score (nSPS) is 18.9. The first-order chi connectivity index (χ1) is 8.08. The van der Waals surface area contributed by atoms with Crippen LogP contribution < -0.4 is 4.74 Å². The maximum absolute atomic E-state index is 11.2. The van der Waals surface area contributed by atoms with E-state index in [-0.39, 0.29) is 11.3 Å². The molecule has 0 radical (unpaired) electrons. The molecule has 90 valence electrons. The molecule has 1 fully saturated rings. The van der Waals surface area contributed by atoms with E-state index < -0.39 is 18.0 Å². The number of carbonyl (C=O) groups is 2. The second-order valence-corrected chi connectivity index (χ2v) is 3.87. The fourth-order valence-corrected chi connectivity index (χ4v) is 1.65. The monoisotopic (exact) mass is 236 g/mol. The van der Waals surface area contributed by atoms with Crippen LogP contribution in [0.25, 0.3) is 0 Å². The molecule has 5 heteroatoms. The quantitative estimate of drug-likeness (QED) is 0.803. The third-order valence-electron chi connectivity index (χ3n) is 2.52. The van der Waals surface area contributed by atoms with Gasteiger partial charge in [-0.05, 0) is 19.1 Å². The predicted octanol–water partition coefficient (Wildman–Crippen LogP) is 1.39. The van der Waals surface area contributed by atoms with Crippen molar-refractivity contribution in [2.45, 2.75) is 19.4 Å². The predicted molar refractivity (Wildman–Crippen MR) is 58.1 cm³/mol. The first kappa shape index (κ1) is 11.4. The Balaban J connectivity index is 2.25. The van der Waals surface area contributed by atoms with Crippen LogP contribution in [0.5, 0.6) is 5.75 Å². The number of carbonyl (C=O) groups excluding carboxylic acids is 1. The van der Waals surface area contributed by atoms with E-state index in [2.05, 4.69) is 0 Å². The second kappa shape index (κ2) is 4.45. The van der Waals surface area contributed by atoms with Gasteiger partial charge in [0.1, 0.15) is 11.3 Å². The molecule has 1 saturated heterocycles. The van der Waals surface area contributed by atoms with Crippen molar-refractivity contribution in [3.8, 4) is 5.75 Å². The summed E-state index contributed by atoms with van der Waals surface area (Å²) in [5.74, 6) is -1.32.